The molecule has 2 rings (SSSR count). The summed E-state index contributed by atoms with van der Waals surface area (Å²) < 4.78 is 0.798. The zero-order valence-corrected chi connectivity index (χ0v) is 9.44. The lowest BCUT2D eigenvalue weighted by Gasteiger charge is -2.17. The largest absolute Gasteiger partial charge is 0.391 e. The molecule has 0 aliphatic carbocycles. The molecule has 0 aromatic carbocycles. The van der Waals surface area contributed by atoms with Gasteiger partial charge in [-0.3, -0.25) is 0 Å². The Hall–Kier alpha value is -0.0900. The number of hydrogen-bond donors (Lipinski definition) is 2. The summed E-state index contributed by atoms with van der Waals surface area (Å²) in [4.78, 5) is 1.16. The van der Waals surface area contributed by atoms with Crippen LogP contribution in [0.4, 0.5) is 0 Å². The highest BCUT2D eigenvalue weighted by molar-refractivity contribution is 7.16. The second-order valence-corrected chi connectivity index (χ2v) is 5.48. The normalized spacial score (nSPS) is 24.0. The van der Waals surface area contributed by atoms with Crippen LogP contribution in [-0.4, -0.2) is 23.8 Å². The lowest BCUT2D eigenvalue weighted by atomic mass is 10.1. The molecule has 78 valence electrons. The van der Waals surface area contributed by atoms with E-state index in [1.54, 1.807) is 11.3 Å². The highest BCUT2D eigenvalue weighted by Crippen LogP contribution is 2.24. The maximum atomic E-state index is 9.91. The van der Waals surface area contributed by atoms with Gasteiger partial charge in [0.15, 0.2) is 0 Å². The van der Waals surface area contributed by atoms with Crippen LogP contribution < -0.4 is 5.32 Å². The molecule has 0 radical (unpaired) electrons. The molecule has 1 saturated heterocycles. The zero-order valence-electron chi connectivity index (χ0n) is 7.87. The van der Waals surface area contributed by atoms with Crippen molar-refractivity contribution in [3.8, 4) is 0 Å². The Morgan fingerprint density at radius 3 is 3.07 bits per heavy atom. The summed E-state index contributed by atoms with van der Waals surface area (Å²) in [5.74, 6) is 0. The highest BCUT2D eigenvalue weighted by atomic mass is 35.5. The quantitative estimate of drug-likeness (QED) is 0.835. The Balaban J connectivity index is 1.90. The third kappa shape index (κ3) is 2.48. The molecular formula is C10H14ClNOS. The first-order chi connectivity index (χ1) is 6.75. The fraction of sp³-hybridized carbons (Fsp3) is 0.600. The number of aliphatic hydroxyl groups excluding tert-OH is 1. The van der Waals surface area contributed by atoms with E-state index in [0.29, 0.717) is 0 Å². The van der Waals surface area contributed by atoms with Crippen LogP contribution in [0, 0.1) is 0 Å². The number of aliphatic hydroxyl groups is 1. The first-order valence-electron chi connectivity index (χ1n) is 4.91. The SMILES string of the molecule is OC(Cc1ccc(Cl)s1)C1CCCN1. The van der Waals surface area contributed by atoms with Crippen molar-refractivity contribution >= 4 is 22.9 Å². The predicted molar refractivity (Wildman–Crippen MR) is 60.1 cm³/mol. The molecule has 1 aliphatic heterocycles. The van der Waals surface area contributed by atoms with Gasteiger partial charge in [-0.2, -0.15) is 0 Å². The second kappa shape index (κ2) is 4.62. The maximum Gasteiger partial charge on any atom is 0.0931 e. The van der Waals surface area contributed by atoms with E-state index in [2.05, 4.69) is 5.32 Å². The van der Waals surface area contributed by atoms with Crippen LogP contribution >= 0.6 is 22.9 Å². The molecule has 0 bridgehead atoms. The van der Waals surface area contributed by atoms with E-state index in [-0.39, 0.29) is 12.1 Å². The van der Waals surface area contributed by atoms with Gasteiger partial charge in [-0.25, -0.2) is 0 Å². The summed E-state index contributed by atoms with van der Waals surface area (Å²) in [5.41, 5.74) is 0. The highest BCUT2D eigenvalue weighted by Gasteiger charge is 2.22. The zero-order chi connectivity index (χ0) is 9.97. The van der Waals surface area contributed by atoms with Crippen LogP contribution in [0.2, 0.25) is 4.34 Å². The number of thiophene rings is 1. The standard InChI is InChI=1S/C10H14ClNOS/c11-10-4-3-7(14-10)6-9(13)8-2-1-5-12-8/h3-4,8-9,12-13H,1-2,5-6H2. The van der Waals surface area contributed by atoms with Crippen LogP contribution in [0.3, 0.4) is 0 Å². The summed E-state index contributed by atoms with van der Waals surface area (Å²) in [5, 5.41) is 13.2. The van der Waals surface area contributed by atoms with Crippen LogP contribution in [0.1, 0.15) is 17.7 Å². The monoisotopic (exact) mass is 231 g/mol. The van der Waals surface area contributed by atoms with Crippen LogP contribution in [0.5, 0.6) is 0 Å². The molecule has 1 aliphatic rings. The first-order valence-corrected chi connectivity index (χ1v) is 6.11. The van der Waals surface area contributed by atoms with E-state index in [4.69, 9.17) is 11.6 Å². The van der Waals surface area contributed by atoms with Gasteiger partial charge in [0.05, 0.1) is 10.4 Å². The van der Waals surface area contributed by atoms with Gasteiger partial charge < -0.3 is 10.4 Å². The molecule has 1 fully saturated rings. The first kappa shape index (κ1) is 10.4. The third-order valence-electron chi connectivity index (χ3n) is 2.60. The molecule has 1 aromatic rings. The molecule has 2 atom stereocenters. The minimum atomic E-state index is -0.271. The molecule has 0 saturated carbocycles. The average molecular weight is 232 g/mol. The molecule has 4 heteroatoms. The lowest BCUT2D eigenvalue weighted by Crippen LogP contribution is -2.35. The molecule has 2 heterocycles. The van der Waals surface area contributed by atoms with Crippen molar-refractivity contribution in [2.75, 3.05) is 6.54 Å². The van der Waals surface area contributed by atoms with Crippen LogP contribution in [0.25, 0.3) is 0 Å². The Morgan fingerprint density at radius 1 is 1.64 bits per heavy atom. The summed E-state index contributed by atoms with van der Waals surface area (Å²) in [7, 11) is 0. The van der Waals surface area contributed by atoms with Crippen LogP contribution in [-0.2, 0) is 6.42 Å². The number of nitrogens with one attached hydrogen (secondary N) is 1. The van der Waals surface area contributed by atoms with Gasteiger partial charge in [0.25, 0.3) is 0 Å². The Bertz CT molecular complexity index is 296. The number of halogens is 1. The summed E-state index contributed by atoms with van der Waals surface area (Å²) in [6, 6.07) is 4.15. The van der Waals surface area contributed by atoms with E-state index < -0.39 is 0 Å². The van der Waals surface area contributed by atoms with Gasteiger partial charge in [0.2, 0.25) is 0 Å². The van der Waals surface area contributed by atoms with Gasteiger partial charge in [-0.15, -0.1) is 11.3 Å². The average Bonchev–Trinajstić information content (AvgIpc) is 2.75. The lowest BCUT2D eigenvalue weighted by molar-refractivity contribution is 0.137. The fourth-order valence-electron chi connectivity index (χ4n) is 1.85. The Labute approximate surface area is 92.9 Å². The van der Waals surface area contributed by atoms with E-state index in [0.717, 1.165) is 28.6 Å². The van der Waals surface area contributed by atoms with Crippen molar-refractivity contribution in [2.24, 2.45) is 0 Å². The van der Waals surface area contributed by atoms with Gasteiger partial charge in [0.1, 0.15) is 0 Å². The van der Waals surface area contributed by atoms with Gasteiger partial charge in [0, 0.05) is 17.3 Å². The molecule has 2 N–H and O–H groups in total. The van der Waals surface area contributed by atoms with E-state index >= 15 is 0 Å². The topological polar surface area (TPSA) is 32.3 Å². The molecule has 2 unspecified atom stereocenters. The van der Waals surface area contributed by atoms with Gasteiger partial charge >= 0.3 is 0 Å². The molecule has 1 aromatic heterocycles. The summed E-state index contributed by atoms with van der Waals surface area (Å²) in [6.07, 6.45) is 2.70. The van der Waals surface area contributed by atoms with Crippen molar-refractivity contribution in [3.63, 3.8) is 0 Å². The molecule has 0 spiro atoms. The Morgan fingerprint density at radius 2 is 2.50 bits per heavy atom. The van der Waals surface area contributed by atoms with Gasteiger partial charge in [-0.05, 0) is 31.5 Å². The Kier molecular flexibility index (Phi) is 3.44. The summed E-state index contributed by atoms with van der Waals surface area (Å²) in [6.45, 7) is 1.03. The third-order valence-corrected chi connectivity index (χ3v) is 3.86. The number of hydrogen-bond acceptors (Lipinski definition) is 3. The van der Waals surface area contributed by atoms with Crippen molar-refractivity contribution < 1.29 is 5.11 Å². The van der Waals surface area contributed by atoms with Gasteiger partial charge in [-0.1, -0.05) is 11.6 Å². The number of rotatable bonds is 3. The summed E-state index contributed by atoms with van der Waals surface area (Å²) >= 11 is 7.38. The van der Waals surface area contributed by atoms with E-state index in [9.17, 15) is 5.11 Å². The van der Waals surface area contributed by atoms with Crippen molar-refractivity contribution in [1.29, 1.82) is 0 Å². The molecule has 0 amide bonds. The van der Waals surface area contributed by atoms with Crippen molar-refractivity contribution in [1.82, 2.24) is 5.32 Å². The fourth-order valence-corrected chi connectivity index (χ4v) is 2.99. The smallest absolute Gasteiger partial charge is 0.0931 e. The minimum absolute atomic E-state index is 0.271. The molecular weight excluding hydrogens is 218 g/mol. The maximum absolute atomic E-state index is 9.91. The van der Waals surface area contributed by atoms with Crippen molar-refractivity contribution in [3.05, 3.63) is 21.3 Å². The van der Waals surface area contributed by atoms with Crippen molar-refractivity contribution in [2.45, 2.75) is 31.4 Å². The van der Waals surface area contributed by atoms with E-state index in [1.165, 1.54) is 6.42 Å². The molecule has 14 heavy (non-hydrogen) atoms. The van der Waals surface area contributed by atoms with E-state index in [1.807, 2.05) is 12.1 Å². The minimum Gasteiger partial charge on any atom is -0.391 e. The molecule has 2 nitrogen and oxygen atoms in total. The second-order valence-electron chi connectivity index (χ2n) is 3.68. The predicted octanol–water partition coefficient (Wildman–Crippen LogP) is 2.06. The van der Waals surface area contributed by atoms with Crippen LogP contribution in [0.15, 0.2) is 12.1 Å².